The second kappa shape index (κ2) is 9.00. The van der Waals surface area contributed by atoms with Crippen molar-refractivity contribution in [1.29, 1.82) is 0 Å². The molecule has 1 aliphatic carbocycles. The van der Waals surface area contributed by atoms with Crippen LogP contribution in [0.15, 0.2) is 48.5 Å². The predicted octanol–water partition coefficient (Wildman–Crippen LogP) is 3.55. The maximum Gasteiger partial charge on any atom is 0.237 e. The van der Waals surface area contributed by atoms with Crippen LogP contribution in [0.1, 0.15) is 47.3 Å². The molecule has 1 fully saturated rings. The van der Waals surface area contributed by atoms with E-state index in [0.29, 0.717) is 6.54 Å². The number of fused-ring (bicyclic) bond motifs is 1. The minimum atomic E-state index is 0.0922. The summed E-state index contributed by atoms with van der Waals surface area (Å²) in [4.78, 5) is 31.0. The summed E-state index contributed by atoms with van der Waals surface area (Å²) in [6.45, 7) is 5.59. The number of carbonyl (C=O) groups is 2. The van der Waals surface area contributed by atoms with Crippen molar-refractivity contribution in [3.8, 4) is 0 Å². The van der Waals surface area contributed by atoms with Crippen molar-refractivity contribution in [1.82, 2.24) is 9.80 Å². The topological polar surface area (TPSA) is 43.9 Å². The number of benzene rings is 2. The smallest absolute Gasteiger partial charge is 0.237 e. The number of rotatable bonds is 5. The molecule has 158 valence electrons. The van der Waals surface area contributed by atoms with E-state index in [0.717, 1.165) is 56.7 Å². The summed E-state index contributed by atoms with van der Waals surface area (Å²) >= 11 is 0. The summed E-state index contributed by atoms with van der Waals surface area (Å²) in [5.74, 6) is 0.297. The molecule has 1 atom stereocenters. The van der Waals surface area contributed by atoms with Crippen LogP contribution < -0.4 is 4.90 Å². The van der Waals surface area contributed by atoms with Crippen LogP contribution in [0.2, 0.25) is 0 Å². The quantitative estimate of drug-likeness (QED) is 0.714. The first-order valence-corrected chi connectivity index (χ1v) is 10.9. The van der Waals surface area contributed by atoms with Gasteiger partial charge in [0.2, 0.25) is 5.91 Å². The summed E-state index contributed by atoms with van der Waals surface area (Å²) in [6, 6.07) is 16.6. The third kappa shape index (κ3) is 4.41. The molecule has 0 spiro atoms. The molecule has 0 bridgehead atoms. The second-order valence-corrected chi connectivity index (χ2v) is 8.48. The van der Waals surface area contributed by atoms with E-state index in [4.69, 9.17) is 0 Å². The number of nitrogens with zero attached hydrogens (tertiary/aromatic N) is 3. The van der Waals surface area contributed by atoms with Gasteiger partial charge in [-0.25, -0.2) is 0 Å². The van der Waals surface area contributed by atoms with E-state index in [2.05, 4.69) is 34.1 Å². The Morgan fingerprint density at radius 2 is 1.70 bits per heavy atom. The summed E-state index contributed by atoms with van der Waals surface area (Å²) in [5, 5.41) is 0. The monoisotopic (exact) mass is 405 g/mol. The third-order valence-corrected chi connectivity index (χ3v) is 6.57. The Balaban J connectivity index is 1.32. The van der Waals surface area contributed by atoms with Crippen LogP contribution in [0.25, 0.3) is 0 Å². The molecule has 5 nitrogen and oxygen atoms in total. The van der Waals surface area contributed by atoms with Gasteiger partial charge in [0.15, 0.2) is 5.78 Å². The molecule has 0 saturated carbocycles. The fraction of sp³-hybridized carbons (Fsp3) is 0.440. The zero-order valence-electron chi connectivity index (χ0n) is 18.0. The molecule has 4 rings (SSSR count). The molecule has 5 heteroatoms. The number of likely N-dealkylation sites (N-methyl/N-ethyl adjacent to an activating group) is 1. The lowest BCUT2D eigenvalue weighted by atomic mass is 9.87. The highest BCUT2D eigenvalue weighted by Gasteiger charge is 2.28. The molecule has 0 unspecified atom stereocenters. The Morgan fingerprint density at radius 3 is 2.40 bits per heavy atom. The third-order valence-electron chi connectivity index (χ3n) is 6.57. The molecule has 2 aromatic rings. The molecule has 1 saturated heterocycles. The zero-order valence-corrected chi connectivity index (χ0v) is 18.0. The molecular formula is C25H31N3O2. The van der Waals surface area contributed by atoms with Gasteiger partial charge in [-0.1, -0.05) is 24.3 Å². The normalized spacial score (nSPS) is 19.3. The van der Waals surface area contributed by atoms with Crippen LogP contribution >= 0.6 is 0 Å². The van der Waals surface area contributed by atoms with Gasteiger partial charge in [0.05, 0.1) is 12.6 Å². The van der Waals surface area contributed by atoms with Crippen molar-refractivity contribution >= 4 is 17.4 Å². The second-order valence-electron chi connectivity index (χ2n) is 8.48. The molecule has 2 aliphatic rings. The molecule has 0 aromatic heterocycles. The van der Waals surface area contributed by atoms with Crippen molar-refractivity contribution in [2.45, 2.75) is 32.2 Å². The van der Waals surface area contributed by atoms with Crippen LogP contribution in [0.5, 0.6) is 0 Å². The number of Topliss-reactive ketones (excluding diaryl/α,β-unsaturated/α-hetero) is 1. The number of piperazine rings is 1. The Hall–Kier alpha value is -2.66. The number of carbonyl (C=O) groups excluding carboxylic acids is 2. The number of ketones is 1. The Morgan fingerprint density at radius 1 is 1.00 bits per heavy atom. The van der Waals surface area contributed by atoms with E-state index in [1.807, 2.05) is 36.2 Å². The summed E-state index contributed by atoms with van der Waals surface area (Å²) in [7, 11) is 1.96. The van der Waals surface area contributed by atoms with Gasteiger partial charge >= 0.3 is 0 Å². The van der Waals surface area contributed by atoms with Crippen LogP contribution in [-0.4, -0.2) is 61.3 Å². The molecule has 0 radical (unpaired) electrons. The van der Waals surface area contributed by atoms with E-state index in [1.165, 1.54) is 11.1 Å². The maximum atomic E-state index is 13.0. The van der Waals surface area contributed by atoms with Crippen LogP contribution in [0.3, 0.4) is 0 Å². The first kappa shape index (κ1) is 20.6. The minimum absolute atomic E-state index is 0.0922. The average molecular weight is 406 g/mol. The van der Waals surface area contributed by atoms with Crippen LogP contribution in [-0.2, 0) is 11.2 Å². The van der Waals surface area contributed by atoms with Gasteiger partial charge in [0, 0.05) is 44.5 Å². The number of hydrogen-bond acceptors (Lipinski definition) is 4. The van der Waals surface area contributed by atoms with Crippen molar-refractivity contribution in [2.75, 3.05) is 44.7 Å². The summed E-state index contributed by atoms with van der Waals surface area (Å²) < 4.78 is 0. The van der Waals surface area contributed by atoms with Crippen molar-refractivity contribution in [3.63, 3.8) is 0 Å². The Kier molecular flexibility index (Phi) is 6.18. The van der Waals surface area contributed by atoms with Crippen molar-refractivity contribution in [3.05, 3.63) is 65.2 Å². The Labute approximate surface area is 179 Å². The van der Waals surface area contributed by atoms with Gasteiger partial charge in [-0.3, -0.25) is 14.5 Å². The zero-order chi connectivity index (χ0) is 21.1. The molecule has 1 heterocycles. The first-order valence-electron chi connectivity index (χ1n) is 10.9. The molecule has 30 heavy (non-hydrogen) atoms. The fourth-order valence-electron chi connectivity index (χ4n) is 4.68. The minimum Gasteiger partial charge on any atom is -0.369 e. The van der Waals surface area contributed by atoms with E-state index in [-0.39, 0.29) is 17.7 Å². The highest BCUT2D eigenvalue weighted by Crippen LogP contribution is 2.33. The van der Waals surface area contributed by atoms with E-state index in [1.54, 1.807) is 6.92 Å². The van der Waals surface area contributed by atoms with Gasteiger partial charge in [-0.05, 0) is 61.6 Å². The van der Waals surface area contributed by atoms with Gasteiger partial charge in [-0.15, -0.1) is 0 Å². The number of amides is 1. The van der Waals surface area contributed by atoms with Crippen molar-refractivity contribution in [2.24, 2.45) is 0 Å². The fourth-order valence-corrected chi connectivity index (χ4v) is 4.68. The predicted molar refractivity (Wildman–Crippen MR) is 120 cm³/mol. The lowest BCUT2D eigenvalue weighted by Crippen LogP contribution is -2.50. The molecule has 0 N–H and O–H groups in total. The molecule has 1 aliphatic heterocycles. The van der Waals surface area contributed by atoms with E-state index in [9.17, 15) is 9.59 Å². The van der Waals surface area contributed by atoms with Crippen LogP contribution in [0, 0.1) is 0 Å². The van der Waals surface area contributed by atoms with E-state index < -0.39 is 0 Å². The Bertz CT molecular complexity index is 901. The molecule has 2 aromatic carbocycles. The lowest BCUT2D eigenvalue weighted by molar-refractivity contribution is -0.133. The van der Waals surface area contributed by atoms with Gasteiger partial charge in [0.1, 0.15) is 0 Å². The van der Waals surface area contributed by atoms with Gasteiger partial charge in [0.25, 0.3) is 0 Å². The number of aryl methyl sites for hydroxylation is 1. The lowest BCUT2D eigenvalue weighted by Gasteiger charge is -2.38. The van der Waals surface area contributed by atoms with Crippen molar-refractivity contribution < 1.29 is 9.59 Å². The average Bonchev–Trinajstić information content (AvgIpc) is 2.78. The summed E-state index contributed by atoms with van der Waals surface area (Å²) in [6.07, 6.45) is 3.30. The van der Waals surface area contributed by atoms with Gasteiger partial charge < -0.3 is 9.80 Å². The highest BCUT2D eigenvalue weighted by atomic mass is 16.2. The van der Waals surface area contributed by atoms with Crippen LogP contribution in [0.4, 0.5) is 5.69 Å². The largest absolute Gasteiger partial charge is 0.369 e. The first-order chi connectivity index (χ1) is 14.5. The number of anilines is 1. The summed E-state index contributed by atoms with van der Waals surface area (Å²) in [5.41, 5.74) is 4.59. The van der Waals surface area contributed by atoms with E-state index >= 15 is 0 Å². The maximum absolute atomic E-state index is 13.0. The van der Waals surface area contributed by atoms with Gasteiger partial charge in [-0.2, -0.15) is 0 Å². The molecular weight excluding hydrogens is 374 g/mol. The standard InChI is InChI=1S/C25H31N3O2/c1-19(29)20-10-12-22(13-11-20)28-16-14-27(15-17-28)18-25(30)26(2)24-9-5-7-21-6-3-4-8-23(21)24/h3-4,6,8,10-13,24H,5,7,9,14-18H2,1-2H3/t24-/m1/s1. The molecule has 1 amide bonds. The highest BCUT2D eigenvalue weighted by molar-refractivity contribution is 5.94. The number of hydrogen-bond donors (Lipinski definition) is 0. The SMILES string of the molecule is CC(=O)c1ccc(N2CCN(CC(=O)N(C)[C@@H]3CCCc4ccccc43)CC2)cc1.